The minimum atomic E-state index is -4.31. The lowest BCUT2D eigenvalue weighted by molar-refractivity contribution is -0.389. The van der Waals surface area contributed by atoms with E-state index in [1.165, 1.54) is 18.3 Å². The highest BCUT2D eigenvalue weighted by Crippen LogP contribution is 2.33. The molecule has 8 nitrogen and oxygen atoms in total. The molecule has 3 aromatic rings. The Balaban J connectivity index is 1.05. The first-order chi connectivity index (χ1) is 18.6. The first-order valence-electron chi connectivity index (χ1n) is 12.8. The molecule has 5 rings (SSSR count). The van der Waals surface area contributed by atoms with Gasteiger partial charge in [-0.2, -0.15) is 13.2 Å². The number of piperidine rings is 1. The minimum Gasteiger partial charge on any atom is -0.489 e. The van der Waals surface area contributed by atoms with Crippen molar-refractivity contribution >= 4 is 17.6 Å². The number of imidazole rings is 1. The van der Waals surface area contributed by atoms with Gasteiger partial charge in [0.1, 0.15) is 18.6 Å². The maximum Gasteiger partial charge on any atom is 0.416 e. The number of hydrogen-bond acceptors (Lipinski definition) is 6. The molecule has 0 radical (unpaired) electrons. The van der Waals surface area contributed by atoms with Gasteiger partial charge >= 0.3 is 18.0 Å². The van der Waals surface area contributed by atoms with E-state index >= 15 is 0 Å². The number of anilines is 1. The van der Waals surface area contributed by atoms with Gasteiger partial charge in [-0.25, -0.2) is 0 Å². The van der Waals surface area contributed by atoms with Crippen LogP contribution in [-0.2, 0) is 12.7 Å². The maximum atomic E-state index is 12.7. The fourth-order valence-electron chi connectivity index (χ4n) is 4.95. The summed E-state index contributed by atoms with van der Waals surface area (Å²) in [6.07, 6.45) is 3.98. The van der Waals surface area contributed by atoms with E-state index in [4.69, 9.17) is 9.47 Å². The fourth-order valence-corrected chi connectivity index (χ4v) is 4.95. The summed E-state index contributed by atoms with van der Waals surface area (Å²) < 4.78 is 51.5. The molecule has 11 heteroatoms. The zero-order valence-electron chi connectivity index (χ0n) is 21.4. The van der Waals surface area contributed by atoms with E-state index in [1.807, 2.05) is 37.3 Å². The Labute approximate surface area is 223 Å². The normalized spacial score (nSPS) is 19.7. The lowest BCUT2D eigenvalue weighted by atomic mass is 9.93. The molecule has 0 unspecified atom stereocenters. The molecule has 206 valence electrons. The van der Waals surface area contributed by atoms with Gasteiger partial charge in [0.15, 0.2) is 5.60 Å². The average Bonchev–Trinajstić information content (AvgIpc) is 3.44. The summed E-state index contributed by atoms with van der Waals surface area (Å²) in [7, 11) is 0. The van der Waals surface area contributed by atoms with Crippen molar-refractivity contribution in [2.75, 3.05) is 24.6 Å². The van der Waals surface area contributed by atoms with E-state index in [0.29, 0.717) is 18.2 Å². The van der Waals surface area contributed by atoms with Gasteiger partial charge in [-0.15, -0.1) is 0 Å². The molecule has 0 aliphatic carbocycles. The number of aromatic nitrogens is 2. The molecule has 39 heavy (non-hydrogen) atoms. The van der Waals surface area contributed by atoms with Crippen molar-refractivity contribution in [3.63, 3.8) is 0 Å². The Kier molecular flexibility index (Phi) is 7.24. The van der Waals surface area contributed by atoms with Crippen LogP contribution in [0.2, 0.25) is 0 Å². The number of ether oxygens (including phenoxy) is 2. The first kappa shape index (κ1) is 26.6. The average molecular weight is 543 g/mol. The fraction of sp³-hybridized carbons (Fsp3) is 0.393. The van der Waals surface area contributed by atoms with E-state index in [-0.39, 0.29) is 18.4 Å². The summed E-state index contributed by atoms with van der Waals surface area (Å²) in [6.45, 7) is 4.43. The van der Waals surface area contributed by atoms with Crippen molar-refractivity contribution in [2.45, 2.75) is 44.5 Å². The van der Waals surface area contributed by atoms with Crippen LogP contribution in [-0.4, -0.2) is 39.8 Å². The molecule has 1 fully saturated rings. The van der Waals surface area contributed by atoms with Gasteiger partial charge in [0.05, 0.1) is 12.1 Å². The number of nitro groups is 1. The van der Waals surface area contributed by atoms with Gasteiger partial charge in [-0.05, 0) is 79.0 Å². The topological polar surface area (TPSA) is 82.7 Å². The van der Waals surface area contributed by atoms with Crippen LogP contribution in [0.5, 0.6) is 11.8 Å². The van der Waals surface area contributed by atoms with Crippen LogP contribution in [0, 0.1) is 16.0 Å². The third kappa shape index (κ3) is 6.35. The second-order valence-electron chi connectivity index (χ2n) is 10.3. The molecular formula is C28H29F3N4O4. The number of nitrogens with zero attached hydrogens (tertiary/aromatic N) is 4. The second kappa shape index (κ2) is 10.6. The van der Waals surface area contributed by atoms with Crippen LogP contribution >= 0.6 is 0 Å². The van der Waals surface area contributed by atoms with E-state index in [2.05, 4.69) is 16.0 Å². The van der Waals surface area contributed by atoms with E-state index in [9.17, 15) is 23.3 Å². The minimum absolute atomic E-state index is 0.224. The maximum absolute atomic E-state index is 12.7. The summed E-state index contributed by atoms with van der Waals surface area (Å²) in [5.41, 5.74) is 0.592. The zero-order chi connectivity index (χ0) is 27.6. The Hall–Kier alpha value is -4.02. The number of rotatable bonds is 8. The molecule has 0 amide bonds. The Morgan fingerprint density at radius 1 is 1.15 bits per heavy atom. The molecule has 0 bridgehead atoms. The highest BCUT2D eigenvalue weighted by atomic mass is 19.4. The second-order valence-corrected chi connectivity index (χ2v) is 10.3. The van der Waals surface area contributed by atoms with Crippen LogP contribution in [0.25, 0.3) is 6.08 Å². The van der Waals surface area contributed by atoms with Crippen molar-refractivity contribution in [3.05, 3.63) is 82.0 Å². The number of alkyl halides is 3. The summed E-state index contributed by atoms with van der Waals surface area (Å²) >= 11 is 0. The number of benzene rings is 2. The van der Waals surface area contributed by atoms with Gasteiger partial charge in [0.25, 0.3) is 0 Å². The summed E-state index contributed by atoms with van der Waals surface area (Å²) in [5, 5.41) is 10.9. The smallest absolute Gasteiger partial charge is 0.416 e. The number of fused-ring (bicyclic) bond motifs is 1. The molecule has 1 saturated heterocycles. The lowest BCUT2D eigenvalue weighted by Crippen LogP contribution is -2.38. The molecule has 0 saturated carbocycles. The molecular weight excluding hydrogens is 513 g/mol. The number of halogens is 3. The monoisotopic (exact) mass is 542 g/mol. The Morgan fingerprint density at radius 3 is 2.46 bits per heavy atom. The highest BCUT2D eigenvalue weighted by molar-refractivity contribution is 5.51. The van der Waals surface area contributed by atoms with Crippen molar-refractivity contribution in [1.29, 1.82) is 0 Å². The SMILES string of the molecule is C[C@]1(COc2ccc(N3CCC(CC=Cc4ccc(C(F)(F)F)cc4)CC3)cc2)Cn2cc([N+](=O)[O-])nc2O1. The van der Waals surface area contributed by atoms with Crippen LogP contribution in [0.4, 0.5) is 24.7 Å². The molecule has 2 aliphatic rings. The van der Waals surface area contributed by atoms with Crippen LogP contribution in [0.3, 0.4) is 0 Å². The van der Waals surface area contributed by atoms with Gasteiger partial charge in [0, 0.05) is 23.8 Å². The zero-order valence-corrected chi connectivity index (χ0v) is 21.4. The predicted octanol–water partition coefficient (Wildman–Crippen LogP) is 6.36. The number of hydrogen-bond donors (Lipinski definition) is 0. The van der Waals surface area contributed by atoms with Gasteiger partial charge < -0.3 is 24.5 Å². The van der Waals surface area contributed by atoms with Crippen molar-refractivity contribution in [3.8, 4) is 11.8 Å². The van der Waals surface area contributed by atoms with Crippen molar-refractivity contribution in [1.82, 2.24) is 9.55 Å². The van der Waals surface area contributed by atoms with Gasteiger partial charge in [-0.3, -0.25) is 4.57 Å². The summed E-state index contributed by atoms with van der Waals surface area (Å²) in [4.78, 5) is 16.6. The van der Waals surface area contributed by atoms with Gasteiger partial charge in [-0.1, -0.05) is 24.3 Å². The predicted molar refractivity (Wildman–Crippen MR) is 140 cm³/mol. The third-order valence-electron chi connectivity index (χ3n) is 7.14. The Morgan fingerprint density at radius 2 is 1.85 bits per heavy atom. The molecule has 0 spiro atoms. The van der Waals surface area contributed by atoms with E-state index in [1.54, 1.807) is 4.57 Å². The highest BCUT2D eigenvalue weighted by Gasteiger charge is 2.41. The number of allylic oxidation sites excluding steroid dienone is 1. The molecule has 3 heterocycles. The van der Waals surface area contributed by atoms with Gasteiger partial charge in [0.2, 0.25) is 0 Å². The van der Waals surface area contributed by atoms with Crippen LogP contribution in [0.1, 0.15) is 37.3 Å². The first-order valence-corrected chi connectivity index (χ1v) is 12.8. The van der Waals surface area contributed by atoms with Crippen LogP contribution in [0.15, 0.2) is 60.8 Å². The molecule has 2 aliphatic heterocycles. The molecule has 1 atom stereocenters. The summed E-state index contributed by atoms with van der Waals surface area (Å²) in [6, 6.07) is 13.4. The largest absolute Gasteiger partial charge is 0.489 e. The third-order valence-corrected chi connectivity index (χ3v) is 7.14. The lowest BCUT2D eigenvalue weighted by Gasteiger charge is -2.33. The quantitative estimate of drug-likeness (QED) is 0.243. The molecule has 2 aromatic carbocycles. The van der Waals surface area contributed by atoms with Crippen molar-refractivity contribution < 1.29 is 27.6 Å². The molecule has 0 N–H and O–H groups in total. The van der Waals surface area contributed by atoms with E-state index < -0.39 is 22.3 Å². The summed E-state index contributed by atoms with van der Waals surface area (Å²) in [5.74, 6) is 1.02. The van der Waals surface area contributed by atoms with Crippen molar-refractivity contribution in [2.24, 2.45) is 5.92 Å². The molecule has 1 aromatic heterocycles. The van der Waals surface area contributed by atoms with E-state index in [0.717, 1.165) is 55.7 Å². The Bertz CT molecular complexity index is 1300. The standard InChI is InChI=1S/C28H29F3N4O4/c1-27(18-34-17-25(35(36)37)32-26(34)39-27)19-38-24-11-9-23(10-12-24)33-15-13-21(14-16-33)4-2-3-20-5-7-22(8-6-20)28(29,30)31/h2-3,5-12,17,21H,4,13-16,18-19H2,1H3/t27-/m1/s1. The van der Waals surface area contributed by atoms with Crippen LogP contribution < -0.4 is 14.4 Å².